The van der Waals surface area contributed by atoms with E-state index in [1.54, 1.807) is 24.3 Å². The molecule has 0 bridgehead atoms. The van der Waals surface area contributed by atoms with Crippen LogP contribution in [0.15, 0.2) is 76.5 Å². The smallest absolute Gasteiger partial charge is 0.338 e. The number of nitrogens with one attached hydrogen (secondary N) is 1. The SMILES string of the molecule is C=CC(=O)Nc1cccc(-c2c3ccc(=O)cc-3oc3cc(O)ccc23)c1C(=O)O. The first kappa shape index (κ1) is 18.9. The third-order valence-electron chi connectivity index (χ3n) is 4.67. The van der Waals surface area contributed by atoms with Crippen molar-refractivity contribution in [1.82, 2.24) is 0 Å². The van der Waals surface area contributed by atoms with Gasteiger partial charge in [-0.25, -0.2) is 4.79 Å². The molecule has 1 amide bonds. The summed E-state index contributed by atoms with van der Waals surface area (Å²) in [5.41, 5.74) is 1.31. The predicted molar refractivity (Wildman–Crippen MR) is 112 cm³/mol. The first-order valence-electron chi connectivity index (χ1n) is 8.88. The van der Waals surface area contributed by atoms with Crippen molar-refractivity contribution in [3.05, 3.63) is 83.0 Å². The van der Waals surface area contributed by atoms with E-state index in [-0.39, 0.29) is 33.8 Å². The number of benzene rings is 3. The van der Waals surface area contributed by atoms with Crippen LogP contribution in [-0.4, -0.2) is 22.1 Å². The Kier molecular flexibility index (Phi) is 4.56. The van der Waals surface area contributed by atoms with Crippen LogP contribution < -0.4 is 10.7 Å². The van der Waals surface area contributed by atoms with Crippen molar-refractivity contribution in [2.45, 2.75) is 0 Å². The van der Waals surface area contributed by atoms with E-state index in [1.807, 2.05) is 0 Å². The zero-order chi connectivity index (χ0) is 21.4. The number of phenols is 1. The first-order valence-corrected chi connectivity index (χ1v) is 8.88. The maximum absolute atomic E-state index is 12.2. The van der Waals surface area contributed by atoms with Crippen molar-refractivity contribution in [2.24, 2.45) is 0 Å². The third kappa shape index (κ3) is 3.18. The highest BCUT2D eigenvalue weighted by atomic mass is 16.4. The molecule has 1 aliphatic carbocycles. The largest absolute Gasteiger partial charge is 0.508 e. The maximum atomic E-state index is 12.2. The molecule has 0 saturated carbocycles. The fourth-order valence-electron chi connectivity index (χ4n) is 3.43. The van der Waals surface area contributed by atoms with Crippen molar-refractivity contribution in [3.8, 4) is 28.2 Å². The Hall–Kier alpha value is -4.39. The fraction of sp³-hybridized carbons (Fsp3) is 0. The van der Waals surface area contributed by atoms with E-state index in [1.165, 1.54) is 30.3 Å². The van der Waals surface area contributed by atoms with E-state index in [2.05, 4.69) is 11.9 Å². The van der Waals surface area contributed by atoms with Gasteiger partial charge in [0.1, 0.15) is 17.1 Å². The average molecular weight is 401 g/mol. The molecular weight excluding hydrogens is 386 g/mol. The van der Waals surface area contributed by atoms with Gasteiger partial charge < -0.3 is 19.9 Å². The minimum Gasteiger partial charge on any atom is -0.508 e. The number of carbonyl (C=O) groups excluding carboxylic acids is 1. The zero-order valence-corrected chi connectivity index (χ0v) is 15.5. The summed E-state index contributed by atoms with van der Waals surface area (Å²) >= 11 is 0. The quantitative estimate of drug-likeness (QED) is 0.350. The normalized spacial score (nSPS) is 10.8. The van der Waals surface area contributed by atoms with Crippen molar-refractivity contribution in [2.75, 3.05) is 5.32 Å². The minimum absolute atomic E-state index is 0.0414. The number of phenolic OH excluding ortho intramolecular Hbond substituents is 1. The average Bonchev–Trinajstić information content (AvgIpc) is 2.71. The molecule has 0 radical (unpaired) electrons. The minimum atomic E-state index is -1.24. The first-order chi connectivity index (χ1) is 14.4. The van der Waals surface area contributed by atoms with Crippen molar-refractivity contribution < 1.29 is 24.2 Å². The molecule has 0 spiro atoms. The second kappa shape index (κ2) is 7.21. The Balaban J connectivity index is 2.14. The monoisotopic (exact) mass is 401 g/mol. The summed E-state index contributed by atoms with van der Waals surface area (Å²) in [7, 11) is 0. The van der Waals surface area contributed by atoms with Gasteiger partial charge in [0.15, 0.2) is 5.43 Å². The lowest BCUT2D eigenvalue weighted by Gasteiger charge is -2.18. The van der Waals surface area contributed by atoms with Crippen LogP contribution in [0.2, 0.25) is 0 Å². The summed E-state index contributed by atoms with van der Waals surface area (Å²) in [5.74, 6) is -1.59. The maximum Gasteiger partial charge on any atom is 0.338 e. The van der Waals surface area contributed by atoms with Crippen LogP contribution in [0, 0.1) is 0 Å². The van der Waals surface area contributed by atoms with Crippen molar-refractivity contribution in [1.29, 1.82) is 0 Å². The molecule has 0 saturated heterocycles. The lowest BCUT2D eigenvalue weighted by atomic mass is 9.90. The molecule has 1 aliphatic heterocycles. The van der Waals surface area contributed by atoms with Crippen LogP contribution >= 0.6 is 0 Å². The second-order valence-corrected chi connectivity index (χ2v) is 6.54. The molecule has 4 rings (SSSR count). The third-order valence-corrected chi connectivity index (χ3v) is 4.67. The molecule has 0 aromatic heterocycles. The summed E-state index contributed by atoms with van der Waals surface area (Å²) in [4.78, 5) is 35.8. The highest BCUT2D eigenvalue weighted by Gasteiger charge is 2.24. The van der Waals surface area contributed by atoms with E-state index in [4.69, 9.17) is 4.42 Å². The Morgan fingerprint density at radius 2 is 1.83 bits per heavy atom. The molecule has 0 atom stereocenters. The predicted octanol–water partition coefficient (Wildman–Crippen LogP) is 4.09. The number of aromatic hydroxyl groups is 1. The number of hydrogen-bond acceptors (Lipinski definition) is 5. The van der Waals surface area contributed by atoms with Gasteiger partial charge in [-0.1, -0.05) is 18.7 Å². The van der Waals surface area contributed by atoms with Gasteiger partial charge in [-0.15, -0.1) is 0 Å². The number of carboxylic acid groups (broad SMARTS) is 1. The lowest BCUT2D eigenvalue weighted by molar-refractivity contribution is -0.111. The number of aromatic carboxylic acids is 1. The van der Waals surface area contributed by atoms with Crippen molar-refractivity contribution >= 4 is 28.5 Å². The van der Waals surface area contributed by atoms with Gasteiger partial charge in [-0.05, 0) is 42.0 Å². The molecule has 7 heteroatoms. The Morgan fingerprint density at radius 3 is 2.57 bits per heavy atom. The van der Waals surface area contributed by atoms with E-state index in [0.717, 1.165) is 6.08 Å². The molecule has 30 heavy (non-hydrogen) atoms. The molecule has 0 unspecified atom stereocenters. The van der Waals surface area contributed by atoms with Gasteiger partial charge >= 0.3 is 5.97 Å². The highest BCUT2D eigenvalue weighted by Crippen LogP contribution is 2.43. The highest BCUT2D eigenvalue weighted by molar-refractivity contribution is 6.12. The Morgan fingerprint density at radius 1 is 1.03 bits per heavy atom. The fourth-order valence-corrected chi connectivity index (χ4v) is 3.43. The molecule has 2 aliphatic rings. The molecular formula is C23H15NO6. The van der Waals surface area contributed by atoms with Gasteiger partial charge in [0.25, 0.3) is 0 Å². The van der Waals surface area contributed by atoms with Gasteiger partial charge in [-0.3, -0.25) is 9.59 Å². The number of amides is 1. The van der Waals surface area contributed by atoms with Crippen LogP contribution in [0.1, 0.15) is 10.4 Å². The molecule has 1 heterocycles. The summed E-state index contributed by atoms with van der Waals surface area (Å²) in [6.45, 7) is 3.39. The van der Waals surface area contributed by atoms with Crippen LogP contribution in [0.25, 0.3) is 33.4 Å². The zero-order valence-electron chi connectivity index (χ0n) is 15.5. The number of hydrogen-bond donors (Lipinski definition) is 3. The molecule has 2 aromatic carbocycles. The standard InChI is InChI=1S/C23H15NO6/c1-2-20(27)24-17-5-3-4-16(22(17)23(28)29)21-14-8-6-12(25)10-18(14)30-19-11-13(26)7-9-15(19)21/h2-11,25H,1H2,(H,24,27)(H,28,29). The summed E-state index contributed by atoms with van der Waals surface area (Å²) in [5, 5.41) is 22.8. The van der Waals surface area contributed by atoms with Crippen molar-refractivity contribution in [3.63, 3.8) is 0 Å². The Labute approximate surface area is 169 Å². The summed E-state index contributed by atoms with van der Waals surface area (Å²) < 4.78 is 5.79. The van der Waals surface area contributed by atoms with Gasteiger partial charge in [0, 0.05) is 28.6 Å². The molecule has 148 valence electrons. The molecule has 3 N–H and O–H groups in total. The van der Waals surface area contributed by atoms with Gasteiger partial charge in [0.2, 0.25) is 5.91 Å². The van der Waals surface area contributed by atoms with Gasteiger partial charge in [-0.2, -0.15) is 0 Å². The van der Waals surface area contributed by atoms with E-state index in [9.17, 15) is 24.6 Å². The van der Waals surface area contributed by atoms with E-state index in [0.29, 0.717) is 22.1 Å². The Bertz CT molecular complexity index is 1370. The molecule has 2 aromatic rings. The molecule has 7 nitrogen and oxygen atoms in total. The second-order valence-electron chi connectivity index (χ2n) is 6.54. The number of rotatable bonds is 4. The van der Waals surface area contributed by atoms with E-state index >= 15 is 0 Å². The van der Waals surface area contributed by atoms with Crippen LogP contribution in [-0.2, 0) is 4.79 Å². The van der Waals surface area contributed by atoms with Crippen LogP contribution in [0.3, 0.4) is 0 Å². The van der Waals surface area contributed by atoms with Crippen LogP contribution in [0.5, 0.6) is 5.75 Å². The van der Waals surface area contributed by atoms with Gasteiger partial charge in [0.05, 0.1) is 11.3 Å². The number of fused-ring (bicyclic) bond motifs is 2. The number of anilines is 1. The van der Waals surface area contributed by atoms with Crippen LogP contribution in [0.4, 0.5) is 5.69 Å². The number of carbonyl (C=O) groups is 2. The number of carboxylic acids is 1. The molecule has 0 fully saturated rings. The summed E-state index contributed by atoms with van der Waals surface area (Å²) in [6.07, 6.45) is 1.04. The topological polar surface area (TPSA) is 117 Å². The lowest BCUT2D eigenvalue weighted by Crippen LogP contribution is -2.13. The van der Waals surface area contributed by atoms with E-state index < -0.39 is 11.9 Å². The summed E-state index contributed by atoms with van der Waals surface area (Å²) in [6, 6.07) is 13.4.